The number of nitrogens with one attached hydrogen (secondary N) is 2. The van der Waals surface area contributed by atoms with Crippen LogP contribution in [0.5, 0.6) is 0 Å². The minimum Gasteiger partial charge on any atom is -0.366 e. The quantitative estimate of drug-likeness (QED) is 0.589. The third-order valence-corrected chi connectivity index (χ3v) is 3.75. The van der Waals surface area contributed by atoms with E-state index in [1.807, 2.05) is 0 Å². The van der Waals surface area contributed by atoms with Gasteiger partial charge in [0.1, 0.15) is 12.8 Å². The molecule has 8 nitrogen and oxygen atoms in total. The van der Waals surface area contributed by atoms with Gasteiger partial charge in [0, 0.05) is 20.4 Å². The Morgan fingerprint density at radius 2 is 1.75 bits per heavy atom. The third-order valence-electron chi connectivity index (χ3n) is 3.75. The van der Waals surface area contributed by atoms with Gasteiger partial charge in [-0.1, -0.05) is 0 Å². The number of hydrogen-bond acceptors (Lipinski definition) is 4. The first-order valence-corrected chi connectivity index (χ1v) is 7.98. The second kappa shape index (κ2) is 9.86. The van der Waals surface area contributed by atoms with E-state index in [1.54, 1.807) is 13.8 Å². The third kappa shape index (κ3) is 6.95. The van der Waals surface area contributed by atoms with Gasteiger partial charge in [-0.2, -0.15) is 0 Å². The van der Waals surface area contributed by atoms with E-state index in [9.17, 15) is 14.7 Å². The number of ether oxygens (including phenoxy) is 1. The molecule has 3 N–H and O–H groups in total. The fraction of sp³-hybridized carbons (Fsp3) is 0.750. The van der Waals surface area contributed by atoms with Gasteiger partial charge in [-0.15, -0.1) is 0 Å². The number of aliphatic hydroxyl groups excluding tert-OH is 1. The molecular formula is C16H24N4O4. The van der Waals surface area contributed by atoms with Crippen molar-refractivity contribution in [2.75, 3.05) is 6.54 Å². The molecule has 1 saturated heterocycles. The number of rotatable bonds is 7. The summed E-state index contributed by atoms with van der Waals surface area (Å²) in [6.45, 7) is 17.3. The molecule has 24 heavy (non-hydrogen) atoms. The van der Waals surface area contributed by atoms with Crippen LogP contribution in [0.1, 0.15) is 39.5 Å². The van der Waals surface area contributed by atoms with Crippen LogP contribution in [0.2, 0.25) is 0 Å². The van der Waals surface area contributed by atoms with Crippen LogP contribution < -0.4 is 10.6 Å². The molecule has 132 valence electrons. The molecule has 0 saturated carbocycles. The van der Waals surface area contributed by atoms with Crippen LogP contribution in [0.3, 0.4) is 0 Å². The van der Waals surface area contributed by atoms with Crippen molar-refractivity contribution in [1.82, 2.24) is 10.6 Å². The van der Waals surface area contributed by atoms with Gasteiger partial charge in [0.25, 0.3) is 0 Å². The molecule has 1 aliphatic rings. The molecule has 0 aromatic carbocycles. The van der Waals surface area contributed by atoms with Crippen molar-refractivity contribution in [3.05, 3.63) is 22.8 Å². The molecular weight excluding hydrogens is 312 g/mol. The summed E-state index contributed by atoms with van der Waals surface area (Å²) in [4.78, 5) is 29.9. The molecule has 5 unspecified atom stereocenters. The second-order valence-corrected chi connectivity index (χ2v) is 6.07. The average molecular weight is 336 g/mol. The van der Waals surface area contributed by atoms with Gasteiger partial charge in [0.2, 0.25) is 23.9 Å². The highest BCUT2D eigenvalue weighted by atomic mass is 16.6. The Bertz CT molecular complexity index is 525. The van der Waals surface area contributed by atoms with Crippen LogP contribution in [0.15, 0.2) is 0 Å². The molecule has 1 fully saturated rings. The van der Waals surface area contributed by atoms with E-state index in [4.69, 9.17) is 17.9 Å². The molecule has 1 heterocycles. The standard InChI is InChI=1S/C16H24N4O4/c1-10(17-3)7-14(21)19-9-12-5-6-13(16(23)24-12)20-15(22)8-11(2)18-4/h10-13,16,23H,5-9H2,1-2H3,(H,19,21)(H,20,22). The van der Waals surface area contributed by atoms with Gasteiger partial charge in [0.05, 0.1) is 12.1 Å². The molecule has 0 bridgehead atoms. The summed E-state index contributed by atoms with van der Waals surface area (Å²) in [6.07, 6.45) is -0.142. The molecule has 0 aromatic heterocycles. The molecule has 0 spiro atoms. The summed E-state index contributed by atoms with van der Waals surface area (Å²) in [5.41, 5.74) is 0. The number of nitrogens with zero attached hydrogens (tertiary/aromatic N) is 2. The van der Waals surface area contributed by atoms with Crippen LogP contribution in [0.4, 0.5) is 0 Å². The monoisotopic (exact) mass is 336 g/mol. The molecule has 0 radical (unpaired) electrons. The van der Waals surface area contributed by atoms with Gasteiger partial charge in [-0.3, -0.25) is 9.59 Å². The summed E-state index contributed by atoms with van der Waals surface area (Å²) < 4.78 is 5.42. The smallest absolute Gasteiger partial charge is 0.229 e. The lowest BCUT2D eigenvalue weighted by Crippen LogP contribution is -2.51. The SMILES string of the molecule is [C-]#[N+]C(C)CC(=O)NCC1CCC(NC(=O)CC(C)[N+]#[C-])C(O)O1. The minimum atomic E-state index is -1.14. The Kier molecular flexibility index (Phi) is 8.17. The largest absolute Gasteiger partial charge is 0.366 e. The fourth-order valence-electron chi connectivity index (χ4n) is 2.36. The predicted molar refractivity (Wildman–Crippen MR) is 86.4 cm³/mol. The lowest BCUT2D eigenvalue weighted by atomic mass is 10.0. The maximum Gasteiger partial charge on any atom is 0.229 e. The molecule has 2 amide bonds. The first-order chi connectivity index (χ1) is 11.3. The van der Waals surface area contributed by atoms with E-state index < -0.39 is 18.4 Å². The molecule has 0 aromatic rings. The Hall–Kier alpha value is -2.16. The van der Waals surface area contributed by atoms with E-state index in [0.29, 0.717) is 12.8 Å². The van der Waals surface area contributed by atoms with Crippen molar-refractivity contribution >= 4 is 11.8 Å². The topological polar surface area (TPSA) is 96.4 Å². The van der Waals surface area contributed by atoms with Crippen molar-refractivity contribution in [2.45, 2.75) is 70.1 Å². The van der Waals surface area contributed by atoms with E-state index >= 15 is 0 Å². The summed E-state index contributed by atoms with van der Waals surface area (Å²) in [5, 5.41) is 15.3. The van der Waals surface area contributed by atoms with Gasteiger partial charge >= 0.3 is 0 Å². The summed E-state index contributed by atoms with van der Waals surface area (Å²) >= 11 is 0. The number of hydrogen-bond donors (Lipinski definition) is 3. The molecule has 1 rings (SSSR count). The van der Waals surface area contributed by atoms with Crippen molar-refractivity contribution in [3.8, 4) is 0 Å². The van der Waals surface area contributed by atoms with E-state index in [0.717, 1.165) is 0 Å². The molecule has 8 heteroatoms. The van der Waals surface area contributed by atoms with Gasteiger partial charge < -0.3 is 30.2 Å². The highest BCUT2D eigenvalue weighted by Crippen LogP contribution is 2.18. The number of carbonyl (C=O) groups is 2. The van der Waals surface area contributed by atoms with Crippen molar-refractivity contribution in [1.29, 1.82) is 0 Å². The van der Waals surface area contributed by atoms with Crippen molar-refractivity contribution in [3.63, 3.8) is 0 Å². The van der Waals surface area contributed by atoms with E-state index in [1.165, 1.54) is 0 Å². The number of carbonyl (C=O) groups excluding carboxylic acids is 2. The fourth-order valence-corrected chi connectivity index (χ4v) is 2.36. The highest BCUT2D eigenvalue weighted by Gasteiger charge is 2.31. The number of aliphatic hydroxyl groups is 1. The van der Waals surface area contributed by atoms with Gasteiger partial charge in [-0.05, 0) is 12.8 Å². The maximum absolute atomic E-state index is 11.8. The molecule has 0 aliphatic carbocycles. The van der Waals surface area contributed by atoms with E-state index in [2.05, 4.69) is 20.3 Å². The van der Waals surface area contributed by atoms with Crippen molar-refractivity contribution < 1.29 is 19.4 Å². The van der Waals surface area contributed by atoms with Crippen molar-refractivity contribution in [2.24, 2.45) is 0 Å². The lowest BCUT2D eigenvalue weighted by Gasteiger charge is -2.34. The normalized spacial score (nSPS) is 25.6. The summed E-state index contributed by atoms with van der Waals surface area (Å²) in [5.74, 6) is -0.508. The molecule has 5 atom stereocenters. The Morgan fingerprint density at radius 3 is 2.29 bits per heavy atom. The zero-order chi connectivity index (χ0) is 18.1. The summed E-state index contributed by atoms with van der Waals surface area (Å²) in [6, 6.07) is -1.27. The predicted octanol–water partition coefficient (Wildman–Crippen LogP) is 0.481. The number of amides is 2. The molecule has 1 aliphatic heterocycles. The van der Waals surface area contributed by atoms with Crippen LogP contribution >= 0.6 is 0 Å². The van der Waals surface area contributed by atoms with Crippen LogP contribution in [-0.2, 0) is 14.3 Å². The minimum absolute atomic E-state index is 0.0887. The maximum atomic E-state index is 11.8. The highest BCUT2D eigenvalue weighted by molar-refractivity contribution is 5.77. The Morgan fingerprint density at radius 1 is 1.17 bits per heavy atom. The van der Waals surface area contributed by atoms with Gasteiger partial charge in [0.15, 0.2) is 6.29 Å². The average Bonchev–Trinajstić information content (AvgIpc) is 2.54. The van der Waals surface area contributed by atoms with Gasteiger partial charge in [-0.25, -0.2) is 13.1 Å². The van der Waals surface area contributed by atoms with Crippen LogP contribution in [-0.4, -0.2) is 54.0 Å². The summed E-state index contributed by atoms with van der Waals surface area (Å²) in [7, 11) is 0. The zero-order valence-corrected chi connectivity index (χ0v) is 14.0. The lowest BCUT2D eigenvalue weighted by molar-refractivity contribution is -0.179. The first-order valence-electron chi connectivity index (χ1n) is 7.98. The van der Waals surface area contributed by atoms with E-state index in [-0.39, 0.29) is 43.3 Å². The van der Waals surface area contributed by atoms with Crippen LogP contribution in [0.25, 0.3) is 9.69 Å². The Labute approximate surface area is 142 Å². The second-order valence-electron chi connectivity index (χ2n) is 6.07. The Balaban J connectivity index is 2.33. The zero-order valence-electron chi connectivity index (χ0n) is 14.0. The van der Waals surface area contributed by atoms with Crippen LogP contribution in [0, 0.1) is 13.1 Å². The first kappa shape index (κ1) is 19.9.